The van der Waals surface area contributed by atoms with Crippen LogP contribution < -0.4 is 0 Å². The Hall–Kier alpha value is 0.723. The van der Waals surface area contributed by atoms with Crippen LogP contribution in [-0.2, 0) is 11.0 Å². The summed E-state index contributed by atoms with van der Waals surface area (Å²) in [6, 6.07) is 0. The maximum absolute atomic E-state index is 0. The van der Waals surface area contributed by atoms with E-state index in [0.717, 1.165) is 0 Å². The molecule has 0 bridgehead atoms. The van der Waals surface area contributed by atoms with Crippen molar-refractivity contribution in [2.75, 3.05) is 0 Å². The van der Waals surface area contributed by atoms with Crippen molar-refractivity contribution in [2.24, 2.45) is 0 Å². The summed E-state index contributed by atoms with van der Waals surface area (Å²) in [6.45, 7) is 0. The summed E-state index contributed by atoms with van der Waals surface area (Å²) in [5.74, 6) is 0. The first kappa shape index (κ1) is 244. The van der Waals surface area contributed by atoms with Crippen LogP contribution in [0.2, 0.25) is 0 Å². The third-order valence-electron chi connectivity index (χ3n) is 0. The van der Waals surface area contributed by atoms with E-state index in [1.807, 2.05) is 0 Å². The Morgan fingerprint density at radius 3 is 0.600 bits per heavy atom. The van der Waals surface area contributed by atoms with Crippen LogP contribution in [0.25, 0.3) is 0 Å². The Bertz CT molecular complexity index is 3.61. The molecule has 0 heterocycles. The summed E-state index contributed by atoms with van der Waals surface area (Å²) < 4.78 is 0. The van der Waals surface area contributed by atoms with Crippen LogP contribution in [0, 0.1) is 0 Å². The molecule has 0 fully saturated rings. The molecule has 0 saturated carbocycles. The van der Waals surface area contributed by atoms with Crippen LogP contribution in [-0.4, -0.2) is 37.2 Å². The molecule has 0 unspecified atom stereocenters. The molecule has 4 nitrogen and oxygen atoms in total. The van der Waals surface area contributed by atoms with Gasteiger partial charge >= 0.3 is 26.2 Å². The third-order valence-corrected chi connectivity index (χ3v) is 0. The van der Waals surface area contributed by atoms with E-state index in [-0.39, 0.29) is 48.1 Å². The molecule has 33 valence electrons. The molecule has 0 saturated heterocycles. The van der Waals surface area contributed by atoms with Gasteiger partial charge in [-0.1, -0.05) is 0 Å². The number of hydrogen-bond donors (Lipinski definition) is 0. The second kappa shape index (κ2) is 125. The van der Waals surface area contributed by atoms with E-state index in [9.17, 15) is 0 Å². The van der Waals surface area contributed by atoms with Gasteiger partial charge in [0.15, 0.2) is 0 Å². The summed E-state index contributed by atoms with van der Waals surface area (Å²) >= 11 is 0. The Morgan fingerprint density at radius 2 is 0.600 bits per heavy atom. The van der Waals surface area contributed by atoms with E-state index >= 15 is 0 Å². The van der Waals surface area contributed by atoms with Crippen molar-refractivity contribution in [3.63, 3.8) is 0 Å². The molecule has 0 aliphatic heterocycles. The molecule has 0 rings (SSSR count). The molecule has 1 radical (unpaired) electrons. The minimum absolute atomic E-state index is 0. The fourth-order valence-corrected chi connectivity index (χ4v) is 0. The summed E-state index contributed by atoms with van der Waals surface area (Å²) in [5.41, 5.74) is 0. The molecular formula is H4BiO4. The first-order valence-corrected chi connectivity index (χ1v) is 0. The van der Waals surface area contributed by atoms with E-state index < -0.39 is 0 Å². The monoisotopic (exact) mass is 277 g/mol. The first-order valence-electron chi connectivity index (χ1n) is 0. The molecule has 0 spiro atoms. The molecule has 0 amide bonds. The third kappa shape index (κ3) is 67.0. The molecular weight excluding hydrogens is 273 g/mol. The minimum Gasteiger partial charge on any atom is -2.00 e. The second-order valence-electron chi connectivity index (χ2n) is 0. The maximum Gasteiger partial charge on any atom is 4.00 e. The Kier molecular flexibility index (Phi) is 6110. The Morgan fingerprint density at radius 1 is 0.600 bits per heavy atom. The minimum atomic E-state index is 0. The summed E-state index contributed by atoms with van der Waals surface area (Å²) in [7, 11) is 0. The molecule has 5 heteroatoms. The van der Waals surface area contributed by atoms with Crippen molar-refractivity contribution >= 4 is 26.2 Å². The van der Waals surface area contributed by atoms with E-state index in [2.05, 4.69) is 0 Å². The van der Waals surface area contributed by atoms with Gasteiger partial charge in [0.25, 0.3) is 0 Å². The molecule has 5 heavy (non-hydrogen) atoms. The van der Waals surface area contributed by atoms with Crippen molar-refractivity contribution in [3.05, 3.63) is 0 Å². The van der Waals surface area contributed by atoms with Crippen molar-refractivity contribution in [3.8, 4) is 0 Å². The van der Waals surface area contributed by atoms with E-state index in [1.54, 1.807) is 0 Å². The van der Waals surface area contributed by atoms with Gasteiger partial charge in [-0.2, -0.15) is 0 Å². The van der Waals surface area contributed by atoms with Crippen LogP contribution in [0.1, 0.15) is 0 Å². The van der Waals surface area contributed by atoms with E-state index in [4.69, 9.17) is 0 Å². The average Bonchev–Trinajstić information content (AvgIpc) is 0. The van der Waals surface area contributed by atoms with Crippen LogP contribution in [0.5, 0.6) is 0 Å². The zero-order valence-electron chi connectivity index (χ0n) is 2.26. The number of rotatable bonds is 0. The molecule has 0 aliphatic rings. The van der Waals surface area contributed by atoms with Gasteiger partial charge in [0.1, 0.15) is 0 Å². The number of hydrogen-bond acceptors (Lipinski definition) is 0. The van der Waals surface area contributed by atoms with Crippen molar-refractivity contribution < 1.29 is 21.9 Å². The fourth-order valence-electron chi connectivity index (χ4n) is 0. The Labute approximate surface area is 48.5 Å². The van der Waals surface area contributed by atoms with Gasteiger partial charge in [-0.05, 0) is 0 Å². The van der Waals surface area contributed by atoms with Gasteiger partial charge in [0, 0.05) is 0 Å². The Balaban J connectivity index is 0. The topological polar surface area (TPSA) is 120 Å². The van der Waals surface area contributed by atoms with Crippen molar-refractivity contribution in [1.82, 2.24) is 0 Å². The first-order chi connectivity index (χ1) is 0. The predicted molar refractivity (Wildman–Crippen MR) is 14.4 cm³/mol. The van der Waals surface area contributed by atoms with E-state index in [0.29, 0.717) is 0 Å². The van der Waals surface area contributed by atoms with Gasteiger partial charge in [-0.3, -0.25) is 0 Å². The molecule has 0 atom stereocenters. The van der Waals surface area contributed by atoms with Crippen molar-refractivity contribution in [2.45, 2.75) is 0 Å². The molecule has 4 N–H and O–H groups in total. The largest absolute Gasteiger partial charge is 4.00 e. The van der Waals surface area contributed by atoms with Gasteiger partial charge in [-0.25, -0.2) is 0 Å². The van der Waals surface area contributed by atoms with Gasteiger partial charge in [-0.15, -0.1) is 0 Å². The molecule has 0 aromatic heterocycles. The molecule has 0 aromatic carbocycles. The van der Waals surface area contributed by atoms with Crippen LogP contribution in [0.15, 0.2) is 0 Å². The SMILES string of the molecule is O.O.[Bi+4].[O-2].[O-2]. The van der Waals surface area contributed by atoms with Crippen LogP contribution >= 0.6 is 0 Å². The predicted octanol–water partition coefficient (Wildman–Crippen LogP) is -2.27. The van der Waals surface area contributed by atoms with E-state index in [1.165, 1.54) is 0 Å². The normalized spacial score (nSPS) is 0. The van der Waals surface area contributed by atoms with Gasteiger partial charge in [0.2, 0.25) is 0 Å². The zero-order chi connectivity index (χ0) is 0. The summed E-state index contributed by atoms with van der Waals surface area (Å²) in [4.78, 5) is 0. The quantitative estimate of drug-likeness (QED) is 0.444. The summed E-state index contributed by atoms with van der Waals surface area (Å²) in [5, 5.41) is 0. The van der Waals surface area contributed by atoms with Crippen LogP contribution in [0.3, 0.4) is 0 Å². The molecule has 0 aromatic rings. The van der Waals surface area contributed by atoms with Gasteiger partial charge in [0.05, 0.1) is 0 Å². The standard InChI is InChI=1S/Bi.2H2O.2O/h;2*1H2;;/q+4;;;2*-2. The second-order valence-corrected chi connectivity index (χ2v) is 0. The average molecular weight is 277 g/mol. The maximum atomic E-state index is 0. The van der Waals surface area contributed by atoms with Crippen molar-refractivity contribution in [1.29, 1.82) is 0 Å². The zero-order valence-corrected chi connectivity index (χ0v) is 5.74. The van der Waals surface area contributed by atoms with Crippen LogP contribution in [0.4, 0.5) is 0 Å². The molecule has 0 aliphatic carbocycles. The van der Waals surface area contributed by atoms with Gasteiger partial charge < -0.3 is 21.9 Å². The summed E-state index contributed by atoms with van der Waals surface area (Å²) in [6.07, 6.45) is 0. The fraction of sp³-hybridized carbons (Fsp3) is 0. The smallest absolute Gasteiger partial charge is 2.00 e.